The Morgan fingerprint density at radius 3 is 2.66 bits per heavy atom. The number of hydrogen-bond acceptors (Lipinski definition) is 12. The second-order valence-corrected chi connectivity index (χ2v) is 10.8. The molecule has 1 aliphatic heterocycles. The summed E-state index contributed by atoms with van der Waals surface area (Å²) < 4.78 is 26.6. The number of aromatic nitrogens is 4. The van der Waals surface area contributed by atoms with E-state index in [2.05, 4.69) is 31.1 Å². The number of hydrogen-bond donors (Lipinski definition) is 6. The summed E-state index contributed by atoms with van der Waals surface area (Å²) in [6.07, 6.45) is -2.24. The summed E-state index contributed by atoms with van der Waals surface area (Å²) in [5.41, 5.74) is 6.39. The number of imidazole rings is 1. The van der Waals surface area contributed by atoms with Crippen molar-refractivity contribution in [2.45, 2.75) is 29.7 Å². The summed E-state index contributed by atoms with van der Waals surface area (Å²) in [4.78, 5) is 39.6. The van der Waals surface area contributed by atoms with Gasteiger partial charge in [0.25, 0.3) is 0 Å². The van der Waals surface area contributed by atoms with Crippen LogP contribution in [-0.2, 0) is 29.9 Å². The predicted octanol–water partition coefficient (Wildman–Crippen LogP) is -0.908. The molecule has 7 N–H and O–H groups in total. The number of nitrogen functional groups attached to an aromatic ring is 1. The summed E-state index contributed by atoms with van der Waals surface area (Å²) in [7, 11) is -5.09. The minimum atomic E-state index is -5.09. The molecule has 1 aliphatic rings. The Bertz CT molecular complexity index is 1000. The van der Waals surface area contributed by atoms with Gasteiger partial charge in [0.2, 0.25) is 0 Å². The van der Waals surface area contributed by atoms with Gasteiger partial charge in [0.15, 0.2) is 22.8 Å². The van der Waals surface area contributed by atoms with Gasteiger partial charge >= 0.3 is 14.5 Å². The van der Waals surface area contributed by atoms with E-state index in [0.29, 0.717) is 5.16 Å². The Hall–Kier alpha value is -0.740. The van der Waals surface area contributed by atoms with E-state index in [0.717, 1.165) is 0 Å². The largest absolute Gasteiger partial charge is 0.476 e. The molecule has 14 nitrogen and oxygen atoms in total. The van der Waals surface area contributed by atoms with Crippen LogP contribution in [0, 0.1) is 0 Å². The van der Waals surface area contributed by atoms with Crippen molar-refractivity contribution in [3.63, 3.8) is 0 Å². The van der Waals surface area contributed by atoms with Crippen molar-refractivity contribution >= 4 is 55.1 Å². The molecule has 0 amide bonds. The highest BCUT2D eigenvalue weighted by Crippen LogP contribution is 2.58. The third kappa shape index (κ3) is 5.12. The quantitative estimate of drug-likeness (QED) is 0.158. The molecule has 0 bridgehead atoms. The lowest BCUT2D eigenvalue weighted by Gasteiger charge is -2.19. The molecule has 1 unspecified atom stereocenters. The first-order valence-corrected chi connectivity index (χ1v) is 13.1. The minimum Gasteiger partial charge on any atom is -0.387 e. The second kappa shape index (κ2) is 8.42. The van der Waals surface area contributed by atoms with E-state index < -0.39 is 45.7 Å². The van der Waals surface area contributed by atoms with Crippen LogP contribution in [0.25, 0.3) is 11.2 Å². The molecule has 0 spiro atoms. The number of aliphatic hydroxyl groups is 2. The number of ether oxygens (including phenoxy) is 1. The van der Waals surface area contributed by atoms with E-state index in [4.69, 9.17) is 24.8 Å². The van der Waals surface area contributed by atoms with E-state index in [1.807, 2.05) is 0 Å². The maximum atomic E-state index is 10.8. The molecular formula is C11H17N5O9P2S2. The van der Waals surface area contributed by atoms with Crippen molar-refractivity contribution in [1.82, 2.24) is 19.5 Å². The van der Waals surface area contributed by atoms with Crippen molar-refractivity contribution in [3.8, 4) is 0 Å². The molecule has 0 aliphatic carbocycles. The van der Waals surface area contributed by atoms with Crippen LogP contribution in [0.3, 0.4) is 0 Å². The fraction of sp³-hybridized carbons (Fsp3) is 0.545. The lowest BCUT2D eigenvalue weighted by Crippen LogP contribution is -2.33. The van der Waals surface area contributed by atoms with Crippen LogP contribution in [-0.4, -0.2) is 75.6 Å². The third-order valence-electron chi connectivity index (χ3n) is 3.83. The highest BCUT2D eigenvalue weighted by atomic mass is 32.5. The lowest BCUT2D eigenvalue weighted by atomic mass is 10.1. The number of aliphatic hydroxyl groups excluding tert-OH is 2. The molecule has 162 valence electrons. The van der Waals surface area contributed by atoms with Gasteiger partial charge in [0.1, 0.15) is 23.8 Å². The number of nitrogens with zero attached hydrogens (tertiary/aromatic N) is 4. The normalized spacial score (nSPS) is 27.4. The third-order valence-corrected chi connectivity index (χ3v) is 7.45. The highest BCUT2D eigenvalue weighted by Gasteiger charge is 2.45. The maximum absolute atomic E-state index is 10.8. The van der Waals surface area contributed by atoms with Gasteiger partial charge in [-0.15, -0.1) is 0 Å². The fourth-order valence-corrected chi connectivity index (χ4v) is 5.55. The molecule has 5 atom stereocenters. The van der Waals surface area contributed by atoms with E-state index in [1.165, 1.54) is 22.7 Å². The molecule has 1 fully saturated rings. The van der Waals surface area contributed by atoms with Crippen molar-refractivity contribution in [2.24, 2.45) is 0 Å². The standard InChI is InChI=1S/C11H17N5O9P2S2/c1-29-11-14-8(12)5-9(15-11)16(3-13-5)10-7(18)6(17)4(24-10)2-23-27(22,28)25-26(19,20)21/h3-4,6-7,10,17-18H,2H2,1H3,(H,22,28)(H2,12,14,15)(H2,19,20,21)/t4-,6-,7?,10-,27-/m1/s1. The number of anilines is 1. The van der Waals surface area contributed by atoms with Crippen LogP contribution >= 0.6 is 26.3 Å². The summed E-state index contributed by atoms with van der Waals surface area (Å²) in [5.74, 6) is 0.126. The van der Waals surface area contributed by atoms with E-state index >= 15 is 0 Å². The Labute approximate surface area is 172 Å². The molecule has 2 aromatic rings. The molecule has 1 saturated heterocycles. The first kappa shape index (κ1) is 22.9. The summed E-state index contributed by atoms with van der Waals surface area (Å²) in [6, 6.07) is 0. The van der Waals surface area contributed by atoms with Gasteiger partial charge in [0.05, 0.1) is 12.9 Å². The number of thioether (sulfide) groups is 1. The van der Waals surface area contributed by atoms with Gasteiger partial charge in [-0.05, 0) is 18.1 Å². The highest BCUT2D eigenvalue weighted by molar-refractivity contribution is 8.08. The first-order valence-electron chi connectivity index (χ1n) is 7.71. The Kier molecular flexibility index (Phi) is 6.66. The van der Waals surface area contributed by atoms with Gasteiger partial charge in [-0.2, -0.15) is 0 Å². The second-order valence-electron chi connectivity index (χ2n) is 5.80. The lowest BCUT2D eigenvalue weighted by molar-refractivity contribution is -0.0486. The zero-order valence-corrected chi connectivity index (χ0v) is 18.0. The smallest absolute Gasteiger partial charge is 0.387 e. The van der Waals surface area contributed by atoms with Gasteiger partial charge in [-0.1, -0.05) is 11.8 Å². The molecule has 0 radical (unpaired) electrons. The average Bonchev–Trinajstić information content (AvgIpc) is 3.13. The summed E-state index contributed by atoms with van der Waals surface area (Å²) >= 11 is 5.73. The first-order chi connectivity index (χ1) is 13.4. The van der Waals surface area contributed by atoms with Gasteiger partial charge in [-0.25, -0.2) is 23.8 Å². The monoisotopic (exact) mass is 489 g/mol. The van der Waals surface area contributed by atoms with Crippen LogP contribution in [0.1, 0.15) is 6.23 Å². The summed E-state index contributed by atoms with van der Waals surface area (Å²) in [6.45, 7) is -4.92. The molecule has 0 aromatic carbocycles. The maximum Gasteiger partial charge on any atom is 0.476 e. The zero-order valence-electron chi connectivity index (χ0n) is 14.5. The Morgan fingerprint density at radius 1 is 1.34 bits per heavy atom. The van der Waals surface area contributed by atoms with Crippen molar-refractivity contribution in [2.75, 3.05) is 18.6 Å². The SMILES string of the molecule is CSc1nc(N)c2ncn([C@@H]3O[C@H](CO[P@@](O)(=S)OP(=O)(O)O)[C@@H](O)C3O)c2n1. The molecule has 2 aromatic heterocycles. The number of fused-ring (bicyclic) bond motifs is 1. The van der Waals surface area contributed by atoms with Gasteiger partial charge in [0, 0.05) is 0 Å². The molecule has 3 rings (SSSR count). The van der Waals surface area contributed by atoms with Crippen LogP contribution in [0.5, 0.6) is 0 Å². The number of rotatable bonds is 7. The Morgan fingerprint density at radius 2 is 2.03 bits per heavy atom. The topological polar surface area (TPSA) is 216 Å². The van der Waals surface area contributed by atoms with Crippen molar-refractivity contribution < 1.29 is 43.0 Å². The number of nitrogens with two attached hydrogens (primary N) is 1. The molecule has 29 heavy (non-hydrogen) atoms. The van der Waals surface area contributed by atoms with Crippen LogP contribution in [0.2, 0.25) is 0 Å². The molecule has 18 heteroatoms. The zero-order chi connectivity index (χ0) is 21.6. The molecule has 0 saturated carbocycles. The predicted molar refractivity (Wildman–Crippen MR) is 103 cm³/mol. The van der Waals surface area contributed by atoms with Crippen molar-refractivity contribution in [1.29, 1.82) is 0 Å². The molecular weight excluding hydrogens is 472 g/mol. The van der Waals surface area contributed by atoms with E-state index in [-0.39, 0.29) is 17.0 Å². The van der Waals surface area contributed by atoms with Crippen LogP contribution < -0.4 is 5.73 Å². The summed E-state index contributed by atoms with van der Waals surface area (Å²) in [5, 5.41) is 21.0. The number of phosphoric acid groups is 1. The van der Waals surface area contributed by atoms with E-state index in [9.17, 15) is 19.7 Å². The van der Waals surface area contributed by atoms with E-state index in [1.54, 1.807) is 6.26 Å². The van der Waals surface area contributed by atoms with Crippen LogP contribution in [0.4, 0.5) is 5.82 Å². The van der Waals surface area contributed by atoms with Gasteiger partial charge < -0.3 is 39.9 Å². The average molecular weight is 489 g/mol. The minimum absolute atomic E-state index is 0.126. The molecule has 3 heterocycles. The fourth-order valence-electron chi connectivity index (χ4n) is 2.62. The van der Waals surface area contributed by atoms with Crippen LogP contribution in [0.15, 0.2) is 11.5 Å². The van der Waals surface area contributed by atoms with Crippen molar-refractivity contribution in [3.05, 3.63) is 6.33 Å². The Balaban J connectivity index is 1.80. The van der Waals surface area contributed by atoms with Gasteiger partial charge in [-0.3, -0.25) is 4.57 Å².